The van der Waals surface area contributed by atoms with E-state index >= 15 is 0 Å². The second-order valence-electron chi connectivity index (χ2n) is 4.32. The van der Waals surface area contributed by atoms with Crippen LogP contribution in [0, 0.1) is 0 Å². The van der Waals surface area contributed by atoms with Gasteiger partial charge in [0, 0.05) is 16.8 Å². The first-order chi connectivity index (χ1) is 8.31. The topological polar surface area (TPSA) is 34.9 Å². The summed E-state index contributed by atoms with van der Waals surface area (Å²) < 4.78 is 1.71. The van der Waals surface area contributed by atoms with Crippen molar-refractivity contribution in [1.82, 2.24) is 9.55 Å². The van der Waals surface area contributed by atoms with Crippen molar-refractivity contribution in [2.75, 3.05) is 5.33 Å². The minimum atomic E-state index is 0.133. The van der Waals surface area contributed by atoms with E-state index < -0.39 is 0 Å². The van der Waals surface area contributed by atoms with Crippen molar-refractivity contribution >= 4 is 37.5 Å². The van der Waals surface area contributed by atoms with Crippen LogP contribution in [-0.2, 0) is 19.4 Å². The van der Waals surface area contributed by atoms with Gasteiger partial charge in [-0.25, -0.2) is 4.98 Å². The van der Waals surface area contributed by atoms with Gasteiger partial charge >= 0.3 is 0 Å². The normalized spacial score (nSPS) is 15.1. The van der Waals surface area contributed by atoms with Crippen LogP contribution in [0.3, 0.4) is 0 Å². The number of nitrogens with zero attached hydrogens (tertiary/aromatic N) is 2. The lowest BCUT2D eigenvalue weighted by atomic mass is 9.97. The van der Waals surface area contributed by atoms with Crippen molar-refractivity contribution in [2.24, 2.45) is 0 Å². The van der Waals surface area contributed by atoms with E-state index in [1.165, 1.54) is 23.3 Å². The van der Waals surface area contributed by atoms with Gasteiger partial charge in [-0.3, -0.25) is 9.36 Å². The van der Waals surface area contributed by atoms with Gasteiger partial charge in [-0.2, -0.15) is 0 Å². The Hall–Kier alpha value is -0.680. The fourth-order valence-corrected chi connectivity index (χ4v) is 4.03. The van der Waals surface area contributed by atoms with E-state index in [0.717, 1.165) is 28.4 Å². The summed E-state index contributed by atoms with van der Waals surface area (Å²) >= 11 is 5.07. The Morgan fingerprint density at radius 3 is 3.06 bits per heavy atom. The Labute approximate surface area is 112 Å². The Bertz CT molecular complexity index is 617. The summed E-state index contributed by atoms with van der Waals surface area (Å²) in [6.45, 7) is 0.687. The Kier molecular flexibility index (Phi) is 3.04. The number of fused-ring (bicyclic) bond motifs is 3. The molecule has 0 unspecified atom stereocenters. The number of hydrogen-bond donors (Lipinski definition) is 0. The van der Waals surface area contributed by atoms with Crippen molar-refractivity contribution in [2.45, 2.75) is 32.2 Å². The molecular formula is C12H13BrN2OS. The lowest BCUT2D eigenvalue weighted by Crippen LogP contribution is -2.21. The number of hydrogen-bond acceptors (Lipinski definition) is 3. The molecule has 0 amide bonds. The van der Waals surface area contributed by atoms with E-state index in [9.17, 15) is 4.79 Å². The quantitative estimate of drug-likeness (QED) is 0.799. The first kappa shape index (κ1) is 11.4. The van der Waals surface area contributed by atoms with E-state index in [1.54, 1.807) is 22.2 Å². The van der Waals surface area contributed by atoms with Crippen molar-refractivity contribution in [3.8, 4) is 0 Å². The fraction of sp³-hybridized carbons (Fsp3) is 0.500. The number of alkyl halides is 1. The maximum absolute atomic E-state index is 12.4. The molecule has 17 heavy (non-hydrogen) atoms. The van der Waals surface area contributed by atoms with Crippen LogP contribution in [0.5, 0.6) is 0 Å². The Morgan fingerprint density at radius 2 is 2.24 bits per heavy atom. The zero-order chi connectivity index (χ0) is 11.8. The smallest absolute Gasteiger partial charge is 0.262 e. The number of aromatic nitrogens is 2. The largest absolute Gasteiger partial charge is 0.298 e. The standard InChI is InChI=1S/C12H13BrN2OS/c13-5-6-15-7-14-11-10(12(15)16)8-3-1-2-4-9(8)17-11/h7H,1-6H2. The van der Waals surface area contributed by atoms with Crippen LogP contribution >= 0.6 is 27.3 Å². The SMILES string of the molecule is O=c1c2c3c(sc2ncn1CCBr)CCCC3. The van der Waals surface area contributed by atoms with Gasteiger partial charge in [-0.15, -0.1) is 11.3 Å². The monoisotopic (exact) mass is 312 g/mol. The van der Waals surface area contributed by atoms with Gasteiger partial charge in [0.25, 0.3) is 5.56 Å². The van der Waals surface area contributed by atoms with E-state index in [1.807, 2.05) is 0 Å². The first-order valence-electron chi connectivity index (χ1n) is 5.87. The molecule has 2 heterocycles. The predicted molar refractivity (Wildman–Crippen MR) is 74.3 cm³/mol. The van der Waals surface area contributed by atoms with Crippen LogP contribution in [-0.4, -0.2) is 14.9 Å². The molecule has 2 aromatic rings. The summed E-state index contributed by atoms with van der Waals surface area (Å²) in [5.74, 6) is 0. The first-order valence-corrected chi connectivity index (χ1v) is 7.80. The van der Waals surface area contributed by atoms with Crippen LogP contribution in [0.2, 0.25) is 0 Å². The molecule has 90 valence electrons. The second-order valence-corrected chi connectivity index (χ2v) is 6.20. The van der Waals surface area contributed by atoms with Gasteiger partial charge in [0.15, 0.2) is 0 Å². The van der Waals surface area contributed by atoms with Gasteiger partial charge in [0.05, 0.1) is 11.7 Å². The highest BCUT2D eigenvalue weighted by Gasteiger charge is 2.19. The third-order valence-electron chi connectivity index (χ3n) is 3.27. The Morgan fingerprint density at radius 1 is 1.41 bits per heavy atom. The van der Waals surface area contributed by atoms with Crippen LogP contribution in [0.15, 0.2) is 11.1 Å². The van der Waals surface area contributed by atoms with E-state index in [-0.39, 0.29) is 5.56 Å². The average molecular weight is 313 g/mol. The molecule has 0 bridgehead atoms. The number of thiophene rings is 1. The molecular weight excluding hydrogens is 300 g/mol. The minimum Gasteiger partial charge on any atom is -0.298 e. The molecule has 0 spiro atoms. The summed E-state index contributed by atoms with van der Waals surface area (Å²) in [6, 6.07) is 0. The van der Waals surface area contributed by atoms with Crippen molar-refractivity contribution < 1.29 is 0 Å². The maximum Gasteiger partial charge on any atom is 0.262 e. The lowest BCUT2D eigenvalue weighted by molar-refractivity contribution is 0.696. The highest BCUT2D eigenvalue weighted by molar-refractivity contribution is 9.09. The van der Waals surface area contributed by atoms with Gasteiger partial charge in [0.2, 0.25) is 0 Å². The van der Waals surface area contributed by atoms with Crippen molar-refractivity contribution in [3.05, 3.63) is 27.1 Å². The van der Waals surface area contributed by atoms with Crippen molar-refractivity contribution in [3.63, 3.8) is 0 Å². The maximum atomic E-state index is 12.4. The van der Waals surface area contributed by atoms with Crippen LogP contribution < -0.4 is 5.56 Å². The number of rotatable bonds is 2. The van der Waals surface area contributed by atoms with Crippen molar-refractivity contribution in [1.29, 1.82) is 0 Å². The number of aryl methyl sites for hydroxylation is 3. The zero-order valence-electron chi connectivity index (χ0n) is 9.41. The predicted octanol–water partition coefficient (Wildman–Crippen LogP) is 2.73. The zero-order valence-corrected chi connectivity index (χ0v) is 11.8. The van der Waals surface area contributed by atoms with Gasteiger partial charge < -0.3 is 0 Å². The third kappa shape index (κ3) is 1.85. The summed E-state index contributed by atoms with van der Waals surface area (Å²) in [7, 11) is 0. The fourth-order valence-electron chi connectivity index (χ4n) is 2.43. The third-order valence-corrected chi connectivity index (χ3v) is 4.82. The Balaban J connectivity index is 2.27. The molecule has 0 aromatic carbocycles. The minimum absolute atomic E-state index is 0.133. The molecule has 0 atom stereocenters. The molecule has 0 saturated heterocycles. The van der Waals surface area contributed by atoms with E-state index in [2.05, 4.69) is 20.9 Å². The molecule has 2 aromatic heterocycles. The molecule has 0 radical (unpaired) electrons. The summed E-state index contributed by atoms with van der Waals surface area (Å²) in [5, 5.41) is 1.67. The lowest BCUT2D eigenvalue weighted by Gasteiger charge is -2.10. The summed E-state index contributed by atoms with van der Waals surface area (Å²) in [4.78, 5) is 19.1. The highest BCUT2D eigenvalue weighted by Crippen LogP contribution is 2.33. The van der Waals surface area contributed by atoms with E-state index in [0.29, 0.717) is 6.54 Å². The summed E-state index contributed by atoms with van der Waals surface area (Å²) in [5.41, 5.74) is 1.41. The number of halogens is 1. The molecule has 3 nitrogen and oxygen atoms in total. The average Bonchev–Trinajstić information content (AvgIpc) is 2.72. The molecule has 1 aliphatic carbocycles. The summed E-state index contributed by atoms with van der Waals surface area (Å²) in [6.07, 6.45) is 6.29. The highest BCUT2D eigenvalue weighted by atomic mass is 79.9. The molecule has 0 saturated carbocycles. The van der Waals surface area contributed by atoms with E-state index in [4.69, 9.17) is 0 Å². The van der Waals surface area contributed by atoms with Crippen LogP contribution in [0.1, 0.15) is 23.3 Å². The molecule has 3 rings (SSSR count). The van der Waals surface area contributed by atoms with Crippen LogP contribution in [0.25, 0.3) is 10.2 Å². The second kappa shape index (κ2) is 4.53. The van der Waals surface area contributed by atoms with Gasteiger partial charge in [-0.1, -0.05) is 15.9 Å². The molecule has 5 heteroatoms. The van der Waals surface area contributed by atoms with Gasteiger partial charge in [-0.05, 0) is 31.2 Å². The van der Waals surface area contributed by atoms with Gasteiger partial charge in [0.1, 0.15) is 4.83 Å². The molecule has 0 fully saturated rings. The van der Waals surface area contributed by atoms with Crippen LogP contribution in [0.4, 0.5) is 0 Å². The molecule has 0 aliphatic heterocycles. The molecule has 1 aliphatic rings. The molecule has 0 N–H and O–H groups in total.